The van der Waals surface area contributed by atoms with Crippen LogP contribution in [0, 0.1) is 13.8 Å². The molecule has 2 N–H and O–H groups in total. The highest BCUT2D eigenvalue weighted by atomic mass is 16.4. The van der Waals surface area contributed by atoms with Crippen LogP contribution in [-0.4, -0.2) is 17.0 Å². The highest BCUT2D eigenvalue weighted by molar-refractivity contribution is 6.04. The van der Waals surface area contributed by atoms with Crippen LogP contribution in [0.25, 0.3) is 0 Å². The first kappa shape index (κ1) is 12.9. The van der Waals surface area contributed by atoms with Gasteiger partial charge in [-0.2, -0.15) is 0 Å². The minimum Gasteiger partial charge on any atom is -0.478 e. The maximum atomic E-state index is 11.9. The van der Waals surface area contributed by atoms with Gasteiger partial charge in [-0.05, 0) is 43.7 Å². The van der Waals surface area contributed by atoms with Gasteiger partial charge in [-0.15, -0.1) is 0 Å². The molecule has 0 atom stereocenters. The van der Waals surface area contributed by atoms with Gasteiger partial charge in [0.05, 0.1) is 11.1 Å². The molecule has 0 saturated heterocycles. The lowest BCUT2D eigenvalue weighted by Gasteiger charge is -2.08. The number of amides is 1. The van der Waals surface area contributed by atoms with Crippen molar-refractivity contribution < 1.29 is 19.1 Å². The molecule has 5 heteroatoms. The number of anilines is 1. The summed E-state index contributed by atoms with van der Waals surface area (Å²) < 4.78 is 5.07. The first-order valence-electron chi connectivity index (χ1n) is 5.68. The number of carboxylic acid groups (broad SMARTS) is 1. The Labute approximate surface area is 109 Å². The molecule has 0 spiro atoms. The monoisotopic (exact) mass is 259 g/mol. The zero-order valence-electron chi connectivity index (χ0n) is 10.6. The largest absolute Gasteiger partial charge is 0.478 e. The molecule has 1 heterocycles. The van der Waals surface area contributed by atoms with Crippen molar-refractivity contribution in [3.63, 3.8) is 0 Å². The zero-order chi connectivity index (χ0) is 14.0. The Morgan fingerprint density at radius 1 is 1.16 bits per heavy atom. The highest BCUT2D eigenvalue weighted by Gasteiger charge is 2.11. The van der Waals surface area contributed by atoms with Gasteiger partial charge in [0.15, 0.2) is 0 Å². The molecule has 1 amide bonds. The van der Waals surface area contributed by atoms with E-state index in [1.165, 1.54) is 18.4 Å². The number of aromatic carboxylic acids is 1. The third-order valence-electron chi connectivity index (χ3n) is 2.71. The molecule has 19 heavy (non-hydrogen) atoms. The fourth-order valence-electron chi connectivity index (χ4n) is 1.69. The second-order valence-electron chi connectivity index (χ2n) is 4.24. The van der Waals surface area contributed by atoms with Gasteiger partial charge in [0.1, 0.15) is 12.0 Å². The fraction of sp³-hybridized carbons (Fsp3) is 0.143. The van der Waals surface area contributed by atoms with Gasteiger partial charge in [0.25, 0.3) is 5.91 Å². The van der Waals surface area contributed by atoms with Crippen molar-refractivity contribution in [3.05, 3.63) is 53.0 Å². The maximum Gasteiger partial charge on any atom is 0.335 e. The number of rotatable bonds is 3. The van der Waals surface area contributed by atoms with E-state index in [4.69, 9.17) is 9.52 Å². The molecule has 98 valence electrons. The number of hydrogen-bond donors (Lipinski definition) is 2. The summed E-state index contributed by atoms with van der Waals surface area (Å²) in [6.45, 7) is 3.49. The second-order valence-corrected chi connectivity index (χ2v) is 4.24. The van der Waals surface area contributed by atoms with Crippen LogP contribution in [0.1, 0.15) is 32.0 Å². The summed E-state index contributed by atoms with van der Waals surface area (Å²) in [4.78, 5) is 22.7. The molecule has 1 aromatic heterocycles. The maximum absolute atomic E-state index is 11.9. The molecule has 0 radical (unpaired) electrons. The molecule has 2 aromatic rings. The summed E-state index contributed by atoms with van der Waals surface area (Å²) in [5.74, 6) is -0.627. The first-order chi connectivity index (χ1) is 8.97. The predicted molar refractivity (Wildman–Crippen MR) is 69.5 cm³/mol. The van der Waals surface area contributed by atoms with Gasteiger partial charge in [-0.25, -0.2) is 4.79 Å². The van der Waals surface area contributed by atoms with Crippen molar-refractivity contribution in [1.29, 1.82) is 0 Å². The summed E-state index contributed by atoms with van der Waals surface area (Å²) in [7, 11) is 0. The Hall–Kier alpha value is -2.56. The smallest absolute Gasteiger partial charge is 0.335 e. The van der Waals surface area contributed by atoms with Crippen LogP contribution in [0.5, 0.6) is 0 Å². The quantitative estimate of drug-likeness (QED) is 0.888. The third-order valence-corrected chi connectivity index (χ3v) is 2.71. The van der Waals surface area contributed by atoms with Crippen LogP contribution < -0.4 is 5.32 Å². The summed E-state index contributed by atoms with van der Waals surface area (Å²) in [6, 6.07) is 6.17. The number of aryl methyl sites for hydroxylation is 2. The van der Waals surface area contributed by atoms with Gasteiger partial charge in [-0.1, -0.05) is 0 Å². The van der Waals surface area contributed by atoms with E-state index < -0.39 is 5.97 Å². The van der Waals surface area contributed by atoms with E-state index in [0.29, 0.717) is 22.6 Å². The van der Waals surface area contributed by atoms with E-state index in [9.17, 15) is 9.59 Å². The molecule has 0 fully saturated rings. The molecule has 1 aromatic carbocycles. The number of nitrogens with one attached hydrogen (secondary N) is 1. The molecule has 0 unspecified atom stereocenters. The Balaban J connectivity index is 2.20. The molecule has 0 aliphatic heterocycles. The van der Waals surface area contributed by atoms with Crippen LogP contribution in [0.3, 0.4) is 0 Å². The van der Waals surface area contributed by atoms with Crippen LogP contribution in [0.15, 0.2) is 34.9 Å². The zero-order valence-corrected chi connectivity index (χ0v) is 10.6. The number of benzene rings is 1. The van der Waals surface area contributed by atoms with E-state index in [0.717, 1.165) is 0 Å². The van der Waals surface area contributed by atoms with Gasteiger partial charge in [-0.3, -0.25) is 4.79 Å². The van der Waals surface area contributed by atoms with Crippen molar-refractivity contribution in [3.8, 4) is 0 Å². The average molecular weight is 259 g/mol. The summed E-state index contributed by atoms with van der Waals surface area (Å²) in [5, 5.41) is 11.6. The molecule has 0 bridgehead atoms. The number of furan rings is 1. The standard InChI is InChI=1S/C14H13NO4/c1-8-5-10(14(17)18)3-4-12(8)15-13(16)11-6-9(2)19-7-11/h3-7H,1-2H3,(H,15,16)(H,17,18). The van der Waals surface area contributed by atoms with Crippen molar-refractivity contribution in [2.45, 2.75) is 13.8 Å². The lowest BCUT2D eigenvalue weighted by molar-refractivity contribution is 0.0696. The fourth-order valence-corrected chi connectivity index (χ4v) is 1.69. The SMILES string of the molecule is Cc1cc(C(=O)Nc2ccc(C(=O)O)cc2C)co1. The normalized spacial score (nSPS) is 10.2. The molecule has 0 aliphatic carbocycles. The van der Waals surface area contributed by atoms with Crippen molar-refractivity contribution in [2.24, 2.45) is 0 Å². The summed E-state index contributed by atoms with van der Waals surface area (Å²) in [5.41, 5.74) is 1.89. The lowest BCUT2D eigenvalue weighted by atomic mass is 10.1. The average Bonchev–Trinajstić information content (AvgIpc) is 2.78. The molecule has 2 rings (SSSR count). The van der Waals surface area contributed by atoms with Gasteiger partial charge >= 0.3 is 5.97 Å². The van der Waals surface area contributed by atoms with Gasteiger partial charge in [0.2, 0.25) is 0 Å². The van der Waals surface area contributed by atoms with Crippen molar-refractivity contribution in [1.82, 2.24) is 0 Å². The van der Waals surface area contributed by atoms with Gasteiger partial charge < -0.3 is 14.8 Å². The van der Waals surface area contributed by atoms with Crippen molar-refractivity contribution >= 4 is 17.6 Å². The first-order valence-corrected chi connectivity index (χ1v) is 5.68. The minimum atomic E-state index is -0.994. The number of carboxylic acids is 1. The van der Waals surface area contributed by atoms with Crippen LogP contribution in [0.2, 0.25) is 0 Å². The molecule has 5 nitrogen and oxygen atoms in total. The van der Waals surface area contributed by atoms with E-state index in [1.807, 2.05) is 0 Å². The third kappa shape index (κ3) is 2.82. The van der Waals surface area contributed by atoms with Crippen molar-refractivity contribution in [2.75, 3.05) is 5.32 Å². The van der Waals surface area contributed by atoms with E-state index in [-0.39, 0.29) is 11.5 Å². The number of carbonyl (C=O) groups excluding carboxylic acids is 1. The molecule has 0 aliphatic rings. The Morgan fingerprint density at radius 2 is 1.89 bits per heavy atom. The summed E-state index contributed by atoms with van der Waals surface area (Å²) in [6.07, 6.45) is 1.38. The van der Waals surface area contributed by atoms with Crippen LogP contribution in [-0.2, 0) is 0 Å². The highest BCUT2D eigenvalue weighted by Crippen LogP contribution is 2.18. The topological polar surface area (TPSA) is 79.5 Å². The lowest BCUT2D eigenvalue weighted by Crippen LogP contribution is -2.12. The molecular formula is C14H13NO4. The summed E-state index contributed by atoms with van der Waals surface area (Å²) >= 11 is 0. The Kier molecular flexibility index (Phi) is 3.37. The van der Waals surface area contributed by atoms with E-state index >= 15 is 0 Å². The Bertz CT molecular complexity index is 643. The van der Waals surface area contributed by atoms with E-state index in [1.54, 1.807) is 26.0 Å². The van der Waals surface area contributed by atoms with Gasteiger partial charge in [0, 0.05) is 5.69 Å². The van der Waals surface area contributed by atoms with Crippen LogP contribution >= 0.6 is 0 Å². The second kappa shape index (κ2) is 4.97. The predicted octanol–water partition coefficient (Wildman–Crippen LogP) is 2.85. The van der Waals surface area contributed by atoms with Crippen LogP contribution in [0.4, 0.5) is 5.69 Å². The van der Waals surface area contributed by atoms with E-state index in [2.05, 4.69) is 5.32 Å². The number of carbonyl (C=O) groups is 2. The number of hydrogen-bond acceptors (Lipinski definition) is 3. The molecule has 0 saturated carbocycles. The Morgan fingerprint density at radius 3 is 2.42 bits per heavy atom. The molecular weight excluding hydrogens is 246 g/mol. The minimum absolute atomic E-state index is 0.189.